The Labute approximate surface area is 138 Å². The average Bonchev–Trinajstić information content (AvgIpc) is 2.95. The molecule has 4 nitrogen and oxygen atoms in total. The van der Waals surface area contributed by atoms with Gasteiger partial charge in [0.2, 0.25) is 11.8 Å². The second-order valence-electron chi connectivity index (χ2n) is 7.14. The van der Waals surface area contributed by atoms with Crippen LogP contribution in [0.15, 0.2) is 0 Å². The Kier molecular flexibility index (Phi) is 3.29. The molecular formula is C17H22B2N2O2. The topological polar surface area (TPSA) is 53.2 Å². The normalized spacial score (nSPS) is 21.7. The summed E-state index contributed by atoms with van der Waals surface area (Å²) in [6.45, 7) is 8.12. The summed E-state index contributed by atoms with van der Waals surface area (Å²) in [5.41, 5.74) is 7.21. The Morgan fingerprint density at radius 3 is 2.17 bits per heavy atom. The van der Waals surface area contributed by atoms with E-state index in [0.29, 0.717) is 0 Å². The fraction of sp³-hybridized carbons (Fsp3) is 0.412. The van der Waals surface area contributed by atoms with E-state index in [1.807, 2.05) is 13.8 Å². The number of imide groups is 1. The van der Waals surface area contributed by atoms with Gasteiger partial charge >= 0.3 is 0 Å². The van der Waals surface area contributed by atoms with Gasteiger partial charge in [-0.2, -0.15) is 0 Å². The number of nitrogens with one attached hydrogen (secondary N) is 1. The molecule has 1 aromatic carbocycles. The Bertz CT molecular complexity index is 885. The summed E-state index contributed by atoms with van der Waals surface area (Å²) in [5.74, 6) is -0.216. The predicted molar refractivity (Wildman–Crippen MR) is 98.6 cm³/mol. The van der Waals surface area contributed by atoms with Crippen LogP contribution in [-0.4, -0.2) is 44.4 Å². The van der Waals surface area contributed by atoms with Crippen molar-refractivity contribution in [3.05, 3.63) is 22.4 Å². The first kappa shape index (κ1) is 15.9. The van der Waals surface area contributed by atoms with Gasteiger partial charge in [0.1, 0.15) is 15.7 Å². The first-order chi connectivity index (χ1) is 10.6. The highest BCUT2D eigenvalue weighted by molar-refractivity contribution is 6.51. The van der Waals surface area contributed by atoms with Crippen LogP contribution in [0.25, 0.3) is 10.9 Å². The van der Waals surface area contributed by atoms with Gasteiger partial charge in [-0.3, -0.25) is 14.5 Å². The molecule has 1 N–H and O–H groups in total. The molecule has 0 aliphatic carbocycles. The number of amides is 2. The second-order valence-corrected chi connectivity index (χ2v) is 7.14. The summed E-state index contributed by atoms with van der Waals surface area (Å²) in [7, 11) is 5.83. The number of hydrogen-bond acceptors (Lipinski definition) is 2. The number of aromatic nitrogens is 1. The average molecular weight is 308 g/mol. The quantitative estimate of drug-likeness (QED) is 0.557. The van der Waals surface area contributed by atoms with E-state index in [1.165, 1.54) is 27.0 Å². The Hall–Kier alpha value is -1.97. The van der Waals surface area contributed by atoms with E-state index in [1.54, 1.807) is 7.05 Å². The second kappa shape index (κ2) is 4.76. The third kappa shape index (κ3) is 1.87. The fourth-order valence-corrected chi connectivity index (χ4v) is 4.08. The van der Waals surface area contributed by atoms with E-state index in [9.17, 15) is 9.59 Å². The number of likely N-dealkylation sites (N-methyl/N-ethyl adjacent to an activating group) is 1. The third-order valence-corrected chi connectivity index (χ3v) is 5.83. The highest BCUT2D eigenvalue weighted by atomic mass is 16.2. The molecule has 1 atom stereocenters. The molecule has 1 aromatic heterocycles. The third-order valence-electron chi connectivity index (χ3n) is 5.83. The molecule has 0 saturated carbocycles. The summed E-state index contributed by atoms with van der Waals surface area (Å²) in [6, 6.07) is 0. The number of rotatable bonds is 1. The van der Waals surface area contributed by atoms with Crippen LogP contribution in [0.5, 0.6) is 0 Å². The van der Waals surface area contributed by atoms with Crippen LogP contribution < -0.4 is 10.9 Å². The van der Waals surface area contributed by atoms with Crippen LogP contribution in [0.4, 0.5) is 0 Å². The monoisotopic (exact) mass is 308 g/mol. The molecule has 3 rings (SSSR count). The summed E-state index contributed by atoms with van der Waals surface area (Å²) >= 11 is 0. The molecule has 1 aliphatic rings. The lowest BCUT2D eigenvalue weighted by Crippen LogP contribution is -2.35. The molecule has 2 aromatic rings. The minimum absolute atomic E-state index is 0.107. The Morgan fingerprint density at radius 1 is 1.09 bits per heavy atom. The maximum absolute atomic E-state index is 12.8. The van der Waals surface area contributed by atoms with E-state index in [-0.39, 0.29) is 18.2 Å². The maximum atomic E-state index is 12.8. The molecule has 1 aliphatic heterocycles. The van der Waals surface area contributed by atoms with E-state index < -0.39 is 5.41 Å². The summed E-state index contributed by atoms with van der Waals surface area (Å²) in [4.78, 5) is 29.6. The molecule has 0 radical (unpaired) electrons. The van der Waals surface area contributed by atoms with Gasteiger partial charge < -0.3 is 4.98 Å². The van der Waals surface area contributed by atoms with Gasteiger partial charge in [0.25, 0.3) is 0 Å². The van der Waals surface area contributed by atoms with E-state index in [0.717, 1.165) is 22.2 Å². The van der Waals surface area contributed by atoms with Gasteiger partial charge in [0.05, 0.1) is 5.41 Å². The first-order valence-electron chi connectivity index (χ1n) is 8.01. The van der Waals surface area contributed by atoms with Crippen molar-refractivity contribution in [1.82, 2.24) is 9.88 Å². The number of aromatic amines is 1. The van der Waals surface area contributed by atoms with Crippen molar-refractivity contribution in [2.45, 2.75) is 39.5 Å². The summed E-state index contributed by atoms with van der Waals surface area (Å²) < 4.78 is 0. The van der Waals surface area contributed by atoms with E-state index in [2.05, 4.69) is 34.5 Å². The highest BCUT2D eigenvalue weighted by Gasteiger charge is 2.49. The van der Waals surface area contributed by atoms with Crippen LogP contribution in [0.3, 0.4) is 0 Å². The van der Waals surface area contributed by atoms with Gasteiger partial charge in [-0.15, -0.1) is 0 Å². The molecule has 23 heavy (non-hydrogen) atoms. The van der Waals surface area contributed by atoms with Crippen molar-refractivity contribution in [2.75, 3.05) is 7.05 Å². The van der Waals surface area contributed by atoms with Crippen molar-refractivity contribution in [2.24, 2.45) is 0 Å². The molecule has 1 saturated heterocycles. The van der Waals surface area contributed by atoms with Crippen molar-refractivity contribution in [3.63, 3.8) is 0 Å². The summed E-state index contributed by atoms with van der Waals surface area (Å²) in [6.07, 6.45) is 0.238. The number of benzene rings is 1. The van der Waals surface area contributed by atoms with Crippen molar-refractivity contribution in [1.29, 1.82) is 0 Å². The SMILES string of the molecule is Bc1c(B)c(C)c2c(C3(C)CC(=O)N(C)C3=O)c(C)[nH]c2c1C. The fourth-order valence-electron chi connectivity index (χ4n) is 4.08. The Morgan fingerprint density at radius 2 is 1.65 bits per heavy atom. The summed E-state index contributed by atoms with van der Waals surface area (Å²) in [5, 5.41) is 1.11. The van der Waals surface area contributed by atoms with Crippen LogP contribution in [0, 0.1) is 20.8 Å². The van der Waals surface area contributed by atoms with Gasteiger partial charge in [0, 0.05) is 30.1 Å². The molecule has 1 fully saturated rings. The van der Waals surface area contributed by atoms with Crippen LogP contribution in [0.2, 0.25) is 0 Å². The van der Waals surface area contributed by atoms with Crippen molar-refractivity contribution in [3.8, 4) is 0 Å². The van der Waals surface area contributed by atoms with E-state index >= 15 is 0 Å². The minimum atomic E-state index is -0.785. The molecule has 0 bridgehead atoms. The first-order valence-corrected chi connectivity index (χ1v) is 8.01. The van der Waals surface area contributed by atoms with Crippen LogP contribution in [0.1, 0.15) is 35.7 Å². The minimum Gasteiger partial charge on any atom is -0.358 e. The molecule has 118 valence electrons. The van der Waals surface area contributed by atoms with Gasteiger partial charge in [-0.1, -0.05) is 10.9 Å². The van der Waals surface area contributed by atoms with E-state index in [4.69, 9.17) is 0 Å². The molecule has 1 unspecified atom stereocenters. The number of carbonyl (C=O) groups excluding carboxylic acids is 2. The number of H-pyrrole nitrogens is 1. The van der Waals surface area contributed by atoms with Gasteiger partial charge in [-0.05, 0) is 44.4 Å². The molecule has 2 amide bonds. The van der Waals surface area contributed by atoms with Crippen LogP contribution >= 0.6 is 0 Å². The number of likely N-dealkylation sites (tertiary alicyclic amines) is 1. The zero-order valence-corrected chi connectivity index (χ0v) is 15.0. The highest BCUT2D eigenvalue weighted by Crippen LogP contribution is 2.42. The lowest BCUT2D eigenvalue weighted by atomic mass is 9.71. The lowest BCUT2D eigenvalue weighted by Gasteiger charge is -2.23. The van der Waals surface area contributed by atoms with Crippen molar-refractivity contribution >= 4 is 49.3 Å². The van der Waals surface area contributed by atoms with Gasteiger partial charge in [-0.25, -0.2) is 0 Å². The van der Waals surface area contributed by atoms with Crippen molar-refractivity contribution < 1.29 is 9.59 Å². The van der Waals surface area contributed by atoms with Crippen LogP contribution in [-0.2, 0) is 15.0 Å². The number of carbonyl (C=O) groups is 2. The zero-order valence-electron chi connectivity index (χ0n) is 15.0. The largest absolute Gasteiger partial charge is 0.358 e. The molecule has 6 heteroatoms. The molecular weight excluding hydrogens is 286 g/mol. The lowest BCUT2D eigenvalue weighted by molar-refractivity contribution is -0.138. The van der Waals surface area contributed by atoms with Gasteiger partial charge in [0.15, 0.2) is 0 Å². The Balaban J connectivity index is 2.42. The molecule has 0 spiro atoms. The standard InChI is InChI=1S/C17H22B2N2O2/c1-7-11-12(17(4)6-10(22)21(5)16(17)23)9(3)20-15(11)8(2)14(19)13(7)18/h20H,6,18-19H2,1-5H3. The predicted octanol–water partition coefficient (Wildman–Crippen LogP) is -0.744. The number of fused-ring (bicyclic) bond motifs is 1. The maximum Gasteiger partial charge on any atom is 0.239 e. The number of aryl methyl sites for hydroxylation is 3. The zero-order chi connectivity index (χ0) is 17.3. The number of hydrogen-bond donors (Lipinski definition) is 1. The smallest absolute Gasteiger partial charge is 0.239 e. The molecule has 2 heterocycles. The number of nitrogens with zero attached hydrogens (tertiary/aromatic N) is 1.